The lowest BCUT2D eigenvalue weighted by atomic mass is 10.0. The van der Waals surface area contributed by atoms with Crippen molar-refractivity contribution in [2.75, 3.05) is 5.32 Å². The normalized spacial score (nSPS) is 17.8. The molecule has 8 heteroatoms. The lowest BCUT2D eigenvalue weighted by molar-refractivity contribution is -0.123. The van der Waals surface area contributed by atoms with Gasteiger partial charge in [0.2, 0.25) is 21.8 Å². The molecule has 1 fully saturated rings. The summed E-state index contributed by atoms with van der Waals surface area (Å²) in [7, 11) is -3.96. The van der Waals surface area contributed by atoms with E-state index < -0.39 is 16.1 Å². The first-order valence-electron chi connectivity index (χ1n) is 10.2. The second-order valence-electron chi connectivity index (χ2n) is 7.82. The average Bonchev–Trinajstić information content (AvgIpc) is 3.25. The topological polar surface area (TPSA) is 104 Å². The number of rotatable bonds is 6. The van der Waals surface area contributed by atoms with Crippen LogP contribution < -0.4 is 15.4 Å². The Balaban J connectivity index is 1.60. The fraction of sp³-hybridized carbons (Fsp3) is 0.364. The molecule has 0 saturated heterocycles. The summed E-state index contributed by atoms with van der Waals surface area (Å²) in [6.45, 7) is 0. The third-order valence-corrected chi connectivity index (χ3v) is 7.07. The molecule has 1 aliphatic heterocycles. The first-order chi connectivity index (χ1) is 14.4. The molecule has 2 aromatic carbocycles. The highest BCUT2D eigenvalue weighted by Crippen LogP contribution is 2.27. The molecule has 0 spiro atoms. The maximum absolute atomic E-state index is 13.1. The molecule has 4 rings (SSSR count). The molecular formula is C22H25N3O4S. The number of amides is 2. The van der Waals surface area contributed by atoms with E-state index >= 15 is 0 Å². The zero-order valence-electron chi connectivity index (χ0n) is 16.6. The third kappa shape index (κ3) is 4.55. The summed E-state index contributed by atoms with van der Waals surface area (Å²) in [5.41, 5.74) is 1.98. The van der Waals surface area contributed by atoms with E-state index in [1.165, 1.54) is 6.07 Å². The number of hydrogen-bond donors (Lipinski definition) is 3. The Morgan fingerprint density at radius 1 is 1.03 bits per heavy atom. The summed E-state index contributed by atoms with van der Waals surface area (Å²) in [4.78, 5) is 24.6. The van der Waals surface area contributed by atoms with Crippen molar-refractivity contribution in [3.05, 3.63) is 59.7 Å². The Morgan fingerprint density at radius 2 is 1.77 bits per heavy atom. The molecular weight excluding hydrogens is 402 g/mol. The molecule has 1 saturated carbocycles. The summed E-state index contributed by atoms with van der Waals surface area (Å²) < 4.78 is 28.8. The van der Waals surface area contributed by atoms with Crippen LogP contribution in [0.25, 0.3) is 0 Å². The van der Waals surface area contributed by atoms with Crippen molar-refractivity contribution in [2.45, 2.75) is 55.5 Å². The number of benzene rings is 2. The second kappa shape index (κ2) is 8.57. The molecule has 3 N–H and O–H groups in total. The van der Waals surface area contributed by atoms with Gasteiger partial charge >= 0.3 is 0 Å². The number of fused-ring (bicyclic) bond motifs is 1. The van der Waals surface area contributed by atoms with Crippen molar-refractivity contribution in [1.82, 2.24) is 10.0 Å². The fourth-order valence-corrected chi connectivity index (χ4v) is 5.26. The van der Waals surface area contributed by atoms with Crippen molar-refractivity contribution in [1.29, 1.82) is 0 Å². The smallest absolute Gasteiger partial charge is 0.242 e. The summed E-state index contributed by atoms with van der Waals surface area (Å²) in [6.07, 6.45) is 4.76. The Kier molecular flexibility index (Phi) is 5.87. The van der Waals surface area contributed by atoms with E-state index in [0.29, 0.717) is 24.1 Å². The molecule has 0 aromatic heterocycles. The first-order valence-corrected chi connectivity index (χ1v) is 11.7. The predicted octanol–water partition coefficient (Wildman–Crippen LogP) is 2.65. The number of anilines is 1. The van der Waals surface area contributed by atoms with Crippen molar-refractivity contribution in [3.8, 4) is 0 Å². The minimum absolute atomic E-state index is 0.0759. The van der Waals surface area contributed by atoms with Gasteiger partial charge in [0, 0.05) is 18.2 Å². The van der Waals surface area contributed by atoms with Gasteiger partial charge in [-0.15, -0.1) is 0 Å². The first kappa shape index (κ1) is 20.6. The van der Waals surface area contributed by atoms with Gasteiger partial charge in [-0.05, 0) is 48.6 Å². The number of carbonyl (C=O) groups is 2. The van der Waals surface area contributed by atoms with Crippen LogP contribution in [0.4, 0.5) is 5.69 Å². The van der Waals surface area contributed by atoms with Gasteiger partial charge in [0.05, 0.1) is 4.90 Å². The summed E-state index contributed by atoms with van der Waals surface area (Å²) in [5.74, 6) is -0.425. The lowest BCUT2D eigenvalue weighted by Gasteiger charge is -2.22. The van der Waals surface area contributed by atoms with Crippen LogP contribution in [-0.4, -0.2) is 26.3 Å². The Hall–Kier alpha value is -2.71. The van der Waals surface area contributed by atoms with Crippen LogP contribution in [0.2, 0.25) is 0 Å². The van der Waals surface area contributed by atoms with Crippen molar-refractivity contribution < 1.29 is 18.0 Å². The molecule has 2 aromatic rings. The van der Waals surface area contributed by atoms with Crippen molar-refractivity contribution in [2.24, 2.45) is 0 Å². The van der Waals surface area contributed by atoms with Crippen LogP contribution in [-0.2, 0) is 26.0 Å². The third-order valence-electron chi connectivity index (χ3n) is 5.65. The highest BCUT2D eigenvalue weighted by Gasteiger charge is 2.30. The Bertz CT molecular complexity index is 1050. The monoisotopic (exact) mass is 427 g/mol. The van der Waals surface area contributed by atoms with Crippen LogP contribution in [0.15, 0.2) is 53.4 Å². The SMILES string of the molecule is O=C1CCc2cc(S(=O)(=O)N[C@H](C(=O)NC3CCCC3)c3ccccc3)ccc2N1. The van der Waals surface area contributed by atoms with E-state index in [0.717, 1.165) is 31.2 Å². The highest BCUT2D eigenvalue weighted by molar-refractivity contribution is 7.89. The molecule has 2 aliphatic rings. The second-order valence-corrected chi connectivity index (χ2v) is 9.54. The molecule has 0 bridgehead atoms. The van der Waals surface area contributed by atoms with Crippen LogP contribution in [0.1, 0.15) is 49.3 Å². The minimum Gasteiger partial charge on any atom is -0.352 e. The van der Waals surface area contributed by atoms with Crippen molar-refractivity contribution in [3.63, 3.8) is 0 Å². The largest absolute Gasteiger partial charge is 0.352 e. The lowest BCUT2D eigenvalue weighted by Crippen LogP contribution is -2.43. The van der Waals surface area contributed by atoms with E-state index in [1.807, 2.05) is 6.07 Å². The van der Waals surface area contributed by atoms with Crippen LogP contribution >= 0.6 is 0 Å². The zero-order valence-corrected chi connectivity index (χ0v) is 17.4. The molecule has 0 unspecified atom stereocenters. The van der Waals surface area contributed by atoms with E-state index in [9.17, 15) is 18.0 Å². The van der Waals surface area contributed by atoms with E-state index in [1.54, 1.807) is 36.4 Å². The predicted molar refractivity (Wildman–Crippen MR) is 113 cm³/mol. The van der Waals surface area contributed by atoms with E-state index in [-0.39, 0.29) is 22.8 Å². The molecule has 1 atom stereocenters. The van der Waals surface area contributed by atoms with Crippen LogP contribution in [0.3, 0.4) is 0 Å². The number of aryl methyl sites for hydroxylation is 1. The summed E-state index contributed by atoms with van der Waals surface area (Å²) in [6, 6.07) is 12.5. The summed E-state index contributed by atoms with van der Waals surface area (Å²) >= 11 is 0. The van der Waals surface area contributed by atoms with Gasteiger partial charge in [0.25, 0.3) is 0 Å². The van der Waals surface area contributed by atoms with Gasteiger partial charge in [-0.3, -0.25) is 9.59 Å². The van der Waals surface area contributed by atoms with Crippen molar-refractivity contribution >= 4 is 27.5 Å². The number of sulfonamides is 1. The number of hydrogen-bond acceptors (Lipinski definition) is 4. The van der Waals surface area contributed by atoms with Gasteiger partial charge in [-0.2, -0.15) is 4.72 Å². The zero-order chi connectivity index (χ0) is 21.1. The van der Waals surface area contributed by atoms with E-state index in [2.05, 4.69) is 15.4 Å². The van der Waals surface area contributed by atoms with Gasteiger partial charge in [0.1, 0.15) is 6.04 Å². The molecule has 1 heterocycles. The maximum Gasteiger partial charge on any atom is 0.242 e. The average molecular weight is 428 g/mol. The molecule has 0 radical (unpaired) electrons. The summed E-state index contributed by atoms with van der Waals surface area (Å²) in [5, 5.41) is 5.74. The molecule has 158 valence electrons. The van der Waals surface area contributed by atoms with Gasteiger partial charge < -0.3 is 10.6 Å². The van der Waals surface area contributed by atoms with Crippen LogP contribution in [0.5, 0.6) is 0 Å². The molecule has 2 amide bonds. The molecule has 30 heavy (non-hydrogen) atoms. The highest BCUT2D eigenvalue weighted by atomic mass is 32.2. The number of carbonyl (C=O) groups excluding carboxylic acids is 2. The minimum atomic E-state index is -3.96. The standard InChI is InChI=1S/C22H25N3O4S/c26-20-13-10-16-14-18(11-12-19(16)24-20)30(28,29)25-21(15-6-2-1-3-7-15)22(27)23-17-8-4-5-9-17/h1-3,6-7,11-12,14,17,21,25H,4-5,8-10,13H2,(H,23,27)(H,24,26)/t21-/m0/s1. The van der Waals surface area contributed by atoms with Gasteiger partial charge in [-0.25, -0.2) is 8.42 Å². The number of nitrogens with one attached hydrogen (secondary N) is 3. The van der Waals surface area contributed by atoms with E-state index in [4.69, 9.17) is 0 Å². The Morgan fingerprint density at radius 3 is 2.50 bits per heavy atom. The molecule has 1 aliphatic carbocycles. The van der Waals surface area contributed by atoms with Crippen LogP contribution in [0, 0.1) is 0 Å². The van der Waals surface area contributed by atoms with Gasteiger partial charge in [0.15, 0.2) is 0 Å². The quantitative estimate of drug-likeness (QED) is 0.659. The fourth-order valence-electron chi connectivity index (χ4n) is 4.02. The Labute approximate surface area is 176 Å². The molecule has 7 nitrogen and oxygen atoms in total. The maximum atomic E-state index is 13.1. The van der Waals surface area contributed by atoms with Gasteiger partial charge in [-0.1, -0.05) is 43.2 Å².